The van der Waals surface area contributed by atoms with Crippen molar-refractivity contribution in [3.05, 3.63) is 29.6 Å². The first kappa shape index (κ1) is 15.3. The number of nitrogens with one attached hydrogen (secondary N) is 2. The second-order valence-electron chi connectivity index (χ2n) is 7.26. The Morgan fingerprint density at radius 3 is 2.76 bits per heavy atom. The monoisotopic (exact) mass is 307 g/mol. The van der Waals surface area contributed by atoms with Crippen molar-refractivity contribution in [2.24, 2.45) is 5.41 Å². The minimum Gasteiger partial charge on any atom is -0.598 e. The van der Waals surface area contributed by atoms with Crippen LogP contribution < -0.4 is 10.0 Å². The molecule has 0 aromatic carbocycles. The van der Waals surface area contributed by atoms with Crippen LogP contribution in [0.25, 0.3) is 0 Å². The summed E-state index contributed by atoms with van der Waals surface area (Å²) in [5, 5.41) is 3.44. The third-order valence-electron chi connectivity index (χ3n) is 4.75. The number of rotatable bonds is 2. The largest absolute Gasteiger partial charge is 0.598 e. The highest BCUT2D eigenvalue weighted by atomic mass is 32.2. The van der Waals surface area contributed by atoms with E-state index in [1.165, 1.54) is 11.3 Å². The Labute approximate surface area is 130 Å². The first-order chi connectivity index (χ1) is 9.92. The van der Waals surface area contributed by atoms with Gasteiger partial charge in [-0.1, -0.05) is 6.07 Å². The average Bonchev–Trinajstić information content (AvgIpc) is 2.72. The molecule has 2 aliphatic rings. The van der Waals surface area contributed by atoms with Crippen LogP contribution in [0.4, 0.5) is 0 Å². The van der Waals surface area contributed by atoms with Crippen LogP contribution in [-0.4, -0.2) is 27.4 Å². The van der Waals surface area contributed by atoms with Crippen molar-refractivity contribution < 1.29 is 4.55 Å². The molecule has 1 aromatic heterocycles. The minimum atomic E-state index is -1.06. The Morgan fingerprint density at radius 2 is 2.10 bits per heavy atom. The van der Waals surface area contributed by atoms with E-state index in [-0.39, 0.29) is 16.2 Å². The molecule has 1 fully saturated rings. The van der Waals surface area contributed by atoms with Crippen molar-refractivity contribution in [1.29, 1.82) is 0 Å². The van der Waals surface area contributed by atoms with Gasteiger partial charge in [-0.15, -0.1) is 4.72 Å². The maximum absolute atomic E-state index is 12.6. The first-order valence-corrected chi connectivity index (χ1v) is 8.90. The fraction of sp³-hybridized carbons (Fsp3) is 0.688. The molecule has 0 amide bonds. The number of hydrogen-bond donors (Lipinski definition) is 2. The molecule has 2 N–H and O–H groups in total. The van der Waals surface area contributed by atoms with E-state index in [0.717, 1.165) is 32.4 Å². The van der Waals surface area contributed by atoms with Gasteiger partial charge in [-0.3, -0.25) is 4.98 Å². The molecule has 0 bridgehead atoms. The van der Waals surface area contributed by atoms with Gasteiger partial charge in [-0.05, 0) is 64.8 Å². The average molecular weight is 307 g/mol. The number of piperidine rings is 1. The maximum Gasteiger partial charge on any atom is 0.136 e. The number of pyridine rings is 1. The van der Waals surface area contributed by atoms with Crippen molar-refractivity contribution in [1.82, 2.24) is 15.0 Å². The molecule has 1 spiro atoms. The van der Waals surface area contributed by atoms with Crippen LogP contribution in [0.15, 0.2) is 18.3 Å². The lowest BCUT2D eigenvalue weighted by Crippen LogP contribution is -2.48. The lowest BCUT2D eigenvalue weighted by atomic mass is 9.74. The summed E-state index contributed by atoms with van der Waals surface area (Å²) in [7, 11) is 0. The van der Waals surface area contributed by atoms with E-state index in [2.05, 4.69) is 21.1 Å². The highest BCUT2D eigenvalue weighted by molar-refractivity contribution is 7.90. The van der Waals surface area contributed by atoms with Crippen LogP contribution in [0, 0.1) is 5.41 Å². The van der Waals surface area contributed by atoms with Crippen LogP contribution in [0.1, 0.15) is 50.9 Å². The summed E-state index contributed by atoms with van der Waals surface area (Å²) in [6.45, 7) is 8.13. The molecule has 1 saturated heterocycles. The molecule has 3 rings (SSSR count). The predicted molar refractivity (Wildman–Crippen MR) is 86.2 cm³/mol. The van der Waals surface area contributed by atoms with E-state index in [4.69, 9.17) is 0 Å². The Hall–Kier alpha value is -0.620. The molecule has 0 unspecified atom stereocenters. The molecule has 0 radical (unpaired) electrons. The van der Waals surface area contributed by atoms with Gasteiger partial charge < -0.3 is 9.87 Å². The van der Waals surface area contributed by atoms with E-state index in [1.807, 2.05) is 33.0 Å². The van der Waals surface area contributed by atoms with Crippen LogP contribution >= 0.6 is 0 Å². The molecule has 21 heavy (non-hydrogen) atoms. The molecular formula is C16H25N3OS. The number of fused-ring (bicyclic) bond motifs is 1. The van der Waals surface area contributed by atoms with Gasteiger partial charge in [0.2, 0.25) is 0 Å². The van der Waals surface area contributed by atoms with Crippen molar-refractivity contribution in [2.75, 3.05) is 13.1 Å². The van der Waals surface area contributed by atoms with E-state index >= 15 is 0 Å². The standard InChI is InChI=1S/C16H25N3OS/c1-15(2,3)21(20)19-14-12-5-4-8-18-13(12)11-16(14)6-9-17-10-7-16/h4-5,8,14,17,19H,6-7,9-11H2,1-3H3/t14-,21-/m1/s1. The van der Waals surface area contributed by atoms with Gasteiger partial charge in [0.05, 0.1) is 6.04 Å². The van der Waals surface area contributed by atoms with Gasteiger partial charge in [0.15, 0.2) is 0 Å². The molecule has 1 aromatic rings. The van der Waals surface area contributed by atoms with E-state index in [0.29, 0.717) is 0 Å². The third-order valence-corrected chi connectivity index (χ3v) is 6.31. The molecule has 1 aliphatic carbocycles. The quantitative estimate of drug-likeness (QED) is 0.822. The van der Waals surface area contributed by atoms with Crippen LogP contribution in [0.2, 0.25) is 0 Å². The number of nitrogens with zero attached hydrogens (tertiary/aromatic N) is 1. The minimum absolute atomic E-state index is 0.156. The highest BCUT2D eigenvalue weighted by Gasteiger charge is 2.50. The topological polar surface area (TPSA) is 60.0 Å². The molecule has 2 heterocycles. The normalized spacial score (nSPS) is 25.8. The van der Waals surface area contributed by atoms with Gasteiger partial charge >= 0.3 is 0 Å². The summed E-state index contributed by atoms with van der Waals surface area (Å²) in [4.78, 5) is 4.57. The van der Waals surface area contributed by atoms with Gasteiger partial charge in [0.1, 0.15) is 4.75 Å². The maximum atomic E-state index is 12.6. The molecule has 1 aliphatic heterocycles. The molecule has 4 nitrogen and oxygen atoms in total. The Balaban J connectivity index is 1.92. The zero-order valence-corrected chi connectivity index (χ0v) is 13.9. The van der Waals surface area contributed by atoms with Crippen molar-refractivity contribution >= 4 is 11.4 Å². The summed E-state index contributed by atoms with van der Waals surface area (Å²) in [5.41, 5.74) is 2.60. The summed E-state index contributed by atoms with van der Waals surface area (Å²) >= 11 is -1.06. The van der Waals surface area contributed by atoms with Gasteiger partial charge in [-0.25, -0.2) is 0 Å². The summed E-state index contributed by atoms with van der Waals surface area (Å²) in [6.07, 6.45) is 5.10. The molecule has 2 atom stereocenters. The Kier molecular flexibility index (Phi) is 4.03. The molecule has 0 saturated carbocycles. The van der Waals surface area contributed by atoms with Crippen LogP contribution in [0.3, 0.4) is 0 Å². The van der Waals surface area contributed by atoms with Gasteiger partial charge in [-0.2, -0.15) is 0 Å². The van der Waals surface area contributed by atoms with E-state index < -0.39 is 11.4 Å². The van der Waals surface area contributed by atoms with E-state index in [9.17, 15) is 4.55 Å². The van der Waals surface area contributed by atoms with Crippen molar-refractivity contribution in [3.8, 4) is 0 Å². The Bertz CT molecular complexity index is 508. The number of aromatic nitrogens is 1. The van der Waals surface area contributed by atoms with Crippen molar-refractivity contribution in [2.45, 2.75) is 50.8 Å². The van der Waals surface area contributed by atoms with E-state index in [1.54, 1.807) is 0 Å². The fourth-order valence-electron chi connectivity index (χ4n) is 3.49. The highest BCUT2D eigenvalue weighted by Crippen LogP contribution is 2.51. The SMILES string of the molecule is CC(C)(C)[S@@+]([O-])N[C@@H]1c2cccnc2CC12CCNCC2. The number of hydrogen-bond acceptors (Lipinski definition) is 4. The molecular weight excluding hydrogens is 282 g/mol. The van der Waals surface area contributed by atoms with Crippen LogP contribution in [0.5, 0.6) is 0 Å². The smallest absolute Gasteiger partial charge is 0.136 e. The summed E-state index contributed by atoms with van der Waals surface area (Å²) < 4.78 is 15.8. The first-order valence-electron chi connectivity index (χ1n) is 7.75. The van der Waals surface area contributed by atoms with Crippen LogP contribution in [-0.2, 0) is 17.8 Å². The van der Waals surface area contributed by atoms with Gasteiger partial charge in [0.25, 0.3) is 0 Å². The Morgan fingerprint density at radius 1 is 1.38 bits per heavy atom. The summed E-state index contributed by atoms with van der Waals surface area (Å²) in [6, 6.07) is 4.30. The fourth-order valence-corrected chi connectivity index (χ4v) is 4.43. The summed E-state index contributed by atoms with van der Waals surface area (Å²) in [5.74, 6) is 0. The molecule has 116 valence electrons. The lowest BCUT2D eigenvalue weighted by molar-refractivity contribution is 0.163. The zero-order chi connectivity index (χ0) is 15.1. The predicted octanol–water partition coefficient (Wildman–Crippen LogP) is 2.10. The van der Waals surface area contributed by atoms with Crippen molar-refractivity contribution in [3.63, 3.8) is 0 Å². The zero-order valence-electron chi connectivity index (χ0n) is 13.1. The third kappa shape index (κ3) is 2.84. The molecule has 5 heteroatoms. The second kappa shape index (κ2) is 5.54. The van der Waals surface area contributed by atoms with Gasteiger partial charge in [0, 0.05) is 28.7 Å². The second-order valence-corrected chi connectivity index (χ2v) is 9.26. The lowest BCUT2D eigenvalue weighted by Gasteiger charge is -2.40.